The number of nitro groups is 2. The lowest BCUT2D eigenvalue weighted by Gasteiger charge is -2.00. The first-order valence-electron chi connectivity index (χ1n) is 6.98. The fourth-order valence-electron chi connectivity index (χ4n) is 1.87. The van der Waals surface area contributed by atoms with Crippen molar-refractivity contribution in [1.29, 1.82) is 0 Å². The van der Waals surface area contributed by atoms with E-state index in [-0.39, 0.29) is 22.7 Å². The van der Waals surface area contributed by atoms with Crippen molar-refractivity contribution >= 4 is 33.3 Å². The van der Waals surface area contributed by atoms with Crippen LogP contribution in [0.5, 0.6) is 0 Å². The van der Waals surface area contributed by atoms with Crippen LogP contribution in [0.2, 0.25) is 0 Å². The summed E-state index contributed by atoms with van der Waals surface area (Å²) in [6, 6.07) is 12.8. The Labute approximate surface area is 151 Å². The van der Waals surface area contributed by atoms with Crippen LogP contribution in [-0.4, -0.2) is 22.9 Å². The molecule has 0 saturated heterocycles. The second-order valence-corrected chi connectivity index (χ2v) is 5.22. The van der Waals surface area contributed by atoms with E-state index >= 15 is 0 Å². The number of halogens is 1. The summed E-state index contributed by atoms with van der Waals surface area (Å²) in [7, 11) is 1.25. The number of ether oxygens (including phenoxy) is 1. The second kappa shape index (κ2) is 10.1. The Balaban J connectivity index is 0.000000257. The molecule has 132 valence electrons. The molecule has 0 fully saturated rings. The maximum absolute atomic E-state index is 10.9. The molecule has 0 aliphatic rings. The van der Waals surface area contributed by atoms with E-state index in [4.69, 9.17) is 0 Å². The molecule has 0 unspecified atom stereocenters. The van der Waals surface area contributed by atoms with Crippen molar-refractivity contribution < 1.29 is 19.4 Å². The summed E-state index contributed by atoms with van der Waals surface area (Å²) < 4.78 is 4.43. The number of alkyl halides is 1. The normalized spacial score (nSPS) is 9.52. The van der Waals surface area contributed by atoms with Crippen molar-refractivity contribution in [3.63, 3.8) is 0 Å². The number of nitro benzene ring substituents is 2. The van der Waals surface area contributed by atoms with Gasteiger partial charge in [0.15, 0.2) is 0 Å². The molecule has 8 nitrogen and oxygen atoms in total. The standard InChI is InChI=1S/C9H9NO4.C7H6BrNO2/c1-14-9(11)6-7-4-2-3-5-8(7)10(12)13;8-5-6-3-1-2-4-7(6)9(10)11/h2-5H,6H2,1H3;1-4H,5H2. The molecular formula is C16H15BrN2O6. The summed E-state index contributed by atoms with van der Waals surface area (Å²) in [5.41, 5.74) is 1.18. The highest BCUT2D eigenvalue weighted by atomic mass is 79.9. The Bertz CT molecular complexity index is 766. The average Bonchev–Trinajstić information content (AvgIpc) is 2.62. The fraction of sp³-hybridized carbons (Fsp3) is 0.188. The average molecular weight is 411 g/mol. The number of rotatable bonds is 5. The predicted octanol–water partition coefficient (Wildman–Crippen LogP) is 3.80. The van der Waals surface area contributed by atoms with Crippen molar-refractivity contribution in [2.45, 2.75) is 11.8 Å². The topological polar surface area (TPSA) is 113 Å². The number of hydrogen-bond acceptors (Lipinski definition) is 6. The lowest BCUT2D eigenvalue weighted by Crippen LogP contribution is -2.06. The van der Waals surface area contributed by atoms with Crippen LogP contribution in [0.15, 0.2) is 48.5 Å². The third-order valence-electron chi connectivity index (χ3n) is 3.08. The Morgan fingerprint density at radius 2 is 1.40 bits per heavy atom. The molecule has 0 bridgehead atoms. The van der Waals surface area contributed by atoms with E-state index < -0.39 is 10.9 Å². The third kappa shape index (κ3) is 6.30. The van der Waals surface area contributed by atoms with Crippen LogP contribution in [0, 0.1) is 20.2 Å². The molecule has 0 saturated carbocycles. The van der Waals surface area contributed by atoms with E-state index in [0.717, 1.165) is 0 Å². The van der Waals surface area contributed by atoms with Crippen LogP contribution >= 0.6 is 15.9 Å². The van der Waals surface area contributed by atoms with Crippen molar-refractivity contribution in [2.24, 2.45) is 0 Å². The van der Waals surface area contributed by atoms with E-state index in [1.807, 2.05) is 0 Å². The summed E-state index contributed by atoms with van der Waals surface area (Å²) in [5, 5.41) is 21.4. The smallest absolute Gasteiger partial charge is 0.310 e. The fourth-order valence-corrected chi connectivity index (χ4v) is 2.34. The van der Waals surface area contributed by atoms with E-state index in [9.17, 15) is 25.0 Å². The summed E-state index contributed by atoms with van der Waals surface area (Å²) in [6.07, 6.45) is -0.0757. The predicted molar refractivity (Wildman–Crippen MR) is 94.5 cm³/mol. The SMILES string of the molecule is COC(=O)Cc1ccccc1[N+](=O)[O-].O=[N+]([O-])c1ccccc1CBr. The molecule has 0 aliphatic carbocycles. The van der Waals surface area contributed by atoms with E-state index in [0.29, 0.717) is 16.5 Å². The second-order valence-electron chi connectivity index (χ2n) is 4.66. The number of esters is 1. The van der Waals surface area contributed by atoms with E-state index in [2.05, 4.69) is 20.7 Å². The molecule has 0 atom stereocenters. The zero-order chi connectivity index (χ0) is 18.8. The van der Waals surface area contributed by atoms with Crippen molar-refractivity contribution in [1.82, 2.24) is 0 Å². The molecule has 0 radical (unpaired) electrons. The number of carbonyl (C=O) groups excluding carboxylic acids is 1. The minimum Gasteiger partial charge on any atom is -0.469 e. The Morgan fingerprint density at radius 3 is 1.80 bits per heavy atom. The molecule has 0 heterocycles. The molecule has 0 aliphatic heterocycles. The zero-order valence-electron chi connectivity index (χ0n) is 13.3. The van der Waals surface area contributed by atoms with Crippen LogP contribution in [0.25, 0.3) is 0 Å². The van der Waals surface area contributed by atoms with Crippen LogP contribution < -0.4 is 0 Å². The van der Waals surface area contributed by atoms with E-state index in [1.54, 1.807) is 30.3 Å². The quantitative estimate of drug-likeness (QED) is 0.320. The lowest BCUT2D eigenvalue weighted by atomic mass is 10.1. The molecule has 2 aromatic rings. The van der Waals surface area contributed by atoms with Gasteiger partial charge in [-0.25, -0.2) is 0 Å². The molecule has 2 aromatic carbocycles. The maximum atomic E-state index is 10.9. The van der Waals surface area contributed by atoms with Crippen LogP contribution in [0.4, 0.5) is 11.4 Å². The van der Waals surface area contributed by atoms with Crippen LogP contribution in [-0.2, 0) is 21.3 Å². The summed E-state index contributed by atoms with van der Waals surface area (Å²) in [6.45, 7) is 0. The number of hydrogen-bond donors (Lipinski definition) is 0. The first kappa shape index (κ1) is 20.2. The molecule has 0 amide bonds. The lowest BCUT2D eigenvalue weighted by molar-refractivity contribution is -0.385. The maximum Gasteiger partial charge on any atom is 0.310 e. The summed E-state index contributed by atoms with van der Waals surface area (Å²) in [5.74, 6) is -0.487. The van der Waals surface area contributed by atoms with Gasteiger partial charge in [0.1, 0.15) is 0 Å². The number of carbonyl (C=O) groups is 1. The first-order chi connectivity index (χ1) is 11.9. The minimum absolute atomic E-state index is 0.0575. The van der Waals surface area contributed by atoms with Gasteiger partial charge in [-0.15, -0.1) is 0 Å². The number of benzene rings is 2. The first-order valence-corrected chi connectivity index (χ1v) is 8.10. The van der Waals surface area contributed by atoms with Gasteiger partial charge in [-0.3, -0.25) is 25.0 Å². The largest absolute Gasteiger partial charge is 0.469 e. The third-order valence-corrected chi connectivity index (χ3v) is 3.69. The highest BCUT2D eigenvalue weighted by Gasteiger charge is 2.15. The van der Waals surface area contributed by atoms with Gasteiger partial charge < -0.3 is 4.74 Å². The monoisotopic (exact) mass is 410 g/mol. The summed E-state index contributed by atoms with van der Waals surface area (Å²) in [4.78, 5) is 30.9. The van der Waals surface area contributed by atoms with Crippen molar-refractivity contribution in [3.05, 3.63) is 79.9 Å². The zero-order valence-corrected chi connectivity index (χ0v) is 14.8. The summed E-state index contributed by atoms with van der Waals surface area (Å²) >= 11 is 3.17. The number of nitrogens with zero attached hydrogens (tertiary/aromatic N) is 2. The molecule has 0 aromatic heterocycles. The number of para-hydroxylation sites is 2. The molecule has 25 heavy (non-hydrogen) atoms. The van der Waals surface area contributed by atoms with Gasteiger partial charge in [0.25, 0.3) is 11.4 Å². The van der Waals surface area contributed by atoms with Gasteiger partial charge in [0.2, 0.25) is 0 Å². The number of methoxy groups -OCH3 is 1. The van der Waals surface area contributed by atoms with E-state index in [1.165, 1.54) is 25.3 Å². The van der Waals surface area contributed by atoms with Crippen LogP contribution in [0.3, 0.4) is 0 Å². The molecule has 0 spiro atoms. The van der Waals surface area contributed by atoms with Gasteiger partial charge in [0.05, 0.1) is 23.4 Å². The van der Waals surface area contributed by atoms with Gasteiger partial charge in [-0.2, -0.15) is 0 Å². The molecule has 2 rings (SSSR count). The van der Waals surface area contributed by atoms with Crippen molar-refractivity contribution in [3.8, 4) is 0 Å². The van der Waals surface area contributed by atoms with Gasteiger partial charge in [0, 0.05) is 28.6 Å². The Morgan fingerprint density at radius 1 is 0.960 bits per heavy atom. The van der Waals surface area contributed by atoms with Gasteiger partial charge in [-0.05, 0) is 0 Å². The Kier molecular flexibility index (Phi) is 8.21. The van der Waals surface area contributed by atoms with Crippen molar-refractivity contribution in [2.75, 3.05) is 7.11 Å². The van der Waals surface area contributed by atoms with Gasteiger partial charge in [-0.1, -0.05) is 52.3 Å². The highest BCUT2D eigenvalue weighted by molar-refractivity contribution is 9.08. The molecule has 0 N–H and O–H groups in total. The minimum atomic E-state index is -0.516. The molecular weight excluding hydrogens is 396 g/mol. The molecule has 9 heteroatoms. The highest BCUT2D eigenvalue weighted by Crippen LogP contribution is 2.19. The van der Waals surface area contributed by atoms with Crippen LogP contribution in [0.1, 0.15) is 11.1 Å². The van der Waals surface area contributed by atoms with Gasteiger partial charge >= 0.3 is 5.97 Å². The Hall–Kier alpha value is -2.81.